The van der Waals surface area contributed by atoms with Gasteiger partial charge in [-0.15, -0.1) is 0 Å². The van der Waals surface area contributed by atoms with E-state index in [9.17, 15) is 18.3 Å². The molecule has 182 valence electrons. The minimum absolute atomic E-state index is 0.0152. The third-order valence-electron chi connectivity index (χ3n) is 5.04. The average molecular weight is 486 g/mol. The number of amides is 1. The van der Waals surface area contributed by atoms with Gasteiger partial charge >= 0.3 is 6.09 Å². The van der Waals surface area contributed by atoms with Gasteiger partial charge in [0.2, 0.25) is 10.0 Å². The Kier molecular flexibility index (Phi) is 7.78. The van der Waals surface area contributed by atoms with Crippen LogP contribution in [0.2, 0.25) is 0 Å². The molecule has 1 amide bonds. The molecule has 0 aliphatic heterocycles. The van der Waals surface area contributed by atoms with E-state index in [0.717, 1.165) is 5.56 Å². The van der Waals surface area contributed by atoms with Crippen LogP contribution in [0.1, 0.15) is 33.3 Å². The number of carbonyl (C=O) groups is 1. The Morgan fingerprint density at radius 3 is 2.53 bits per heavy atom. The van der Waals surface area contributed by atoms with E-state index < -0.39 is 27.8 Å². The number of hydrogen-bond donors (Lipinski definition) is 2. The first-order valence-electron chi connectivity index (χ1n) is 11.1. The molecule has 0 aliphatic carbocycles. The first-order valence-corrected chi connectivity index (χ1v) is 12.5. The third-order valence-corrected chi connectivity index (χ3v) is 6.62. The fourth-order valence-electron chi connectivity index (χ4n) is 3.49. The molecule has 0 spiro atoms. The molecular weight excluding hydrogens is 454 g/mol. The van der Waals surface area contributed by atoms with Gasteiger partial charge in [0.05, 0.1) is 11.1 Å². The second-order valence-corrected chi connectivity index (χ2v) is 10.9. The zero-order valence-corrected chi connectivity index (χ0v) is 20.7. The second-order valence-electron chi connectivity index (χ2n) is 9.23. The van der Waals surface area contributed by atoms with E-state index in [2.05, 4.69) is 9.71 Å². The number of fused-ring (bicyclic) bond motifs is 1. The van der Waals surface area contributed by atoms with Crippen LogP contribution in [0.5, 0.6) is 5.75 Å². The maximum Gasteiger partial charge on any atom is 0.410 e. The van der Waals surface area contributed by atoms with Crippen molar-refractivity contribution in [2.45, 2.75) is 50.7 Å². The Morgan fingerprint density at radius 1 is 1.15 bits per heavy atom. The van der Waals surface area contributed by atoms with Crippen LogP contribution in [0.3, 0.4) is 0 Å². The van der Waals surface area contributed by atoms with Gasteiger partial charge in [0, 0.05) is 36.1 Å². The first kappa shape index (κ1) is 25.5. The highest BCUT2D eigenvalue weighted by atomic mass is 32.2. The number of benzene rings is 2. The molecule has 0 unspecified atom stereocenters. The maximum absolute atomic E-state index is 13.0. The van der Waals surface area contributed by atoms with Crippen molar-refractivity contribution in [1.29, 1.82) is 0 Å². The van der Waals surface area contributed by atoms with Crippen LogP contribution in [-0.2, 0) is 21.2 Å². The van der Waals surface area contributed by atoms with Crippen molar-refractivity contribution in [3.05, 3.63) is 66.5 Å². The molecule has 0 bridgehead atoms. The lowest BCUT2D eigenvalue weighted by atomic mass is 10.1. The molecule has 8 nitrogen and oxygen atoms in total. The number of hydrogen-bond acceptors (Lipinski definition) is 6. The van der Waals surface area contributed by atoms with Crippen LogP contribution >= 0.6 is 0 Å². The van der Waals surface area contributed by atoms with Crippen LogP contribution < -0.4 is 4.72 Å². The number of aromatic nitrogens is 1. The number of ether oxygens (including phenoxy) is 1. The van der Waals surface area contributed by atoms with E-state index in [1.165, 1.54) is 23.2 Å². The highest BCUT2D eigenvalue weighted by molar-refractivity contribution is 7.89. The van der Waals surface area contributed by atoms with Crippen LogP contribution in [0, 0.1) is 0 Å². The Balaban J connectivity index is 1.74. The van der Waals surface area contributed by atoms with Gasteiger partial charge < -0.3 is 14.7 Å². The van der Waals surface area contributed by atoms with Gasteiger partial charge in [0.1, 0.15) is 11.4 Å². The Labute approximate surface area is 200 Å². The number of nitrogens with zero attached hydrogens (tertiary/aromatic N) is 2. The molecule has 2 aromatic carbocycles. The van der Waals surface area contributed by atoms with Crippen LogP contribution in [0.15, 0.2) is 65.8 Å². The van der Waals surface area contributed by atoms with Crippen LogP contribution in [-0.4, -0.2) is 54.2 Å². The van der Waals surface area contributed by atoms with Gasteiger partial charge in [-0.2, -0.15) is 0 Å². The number of sulfonamides is 1. The standard InChI is InChI=1S/C25H31N3O5S/c1-18(27-34(31,32)21-11-10-20-15-26-16-23(29)22(20)14-21)17-28(24(30)33-25(2,3)4)13-12-19-8-6-5-7-9-19/h5-11,14-16,18,27,29H,12-13,17H2,1-4H3/t18-/m1/s1. The summed E-state index contributed by atoms with van der Waals surface area (Å²) in [5.74, 6) is -0.0976. The lowest BCUT2D eigenvalue weighted by molar-refractivity contribution is 0.0241. The number of carbonyl (C=O) groups excluding carboxylic acids is 1. The molecule has 3 rings (SSSR count). The van der Waals surface area contributed by atoms with Gasteiger partial charge in [-0.1, -0.05) is 36.4 Å². The summed E-state index contributed by atoms with van der Waals surface area (Å²) in [7, 11) is -3.90. The Morgan fingerprint density at radius 2 is 1.85 bits per heavy atom. The van der Waals surface area contributed by atoms with Crippen molar-refractivity contribution < 1.29 is 23.1 Å². The summed E-state index contributed by atoms with van der Waals surface area (Å²) in [5.41, 5.74) is 0.391. The topological polar surface area (TPSA) is 109 Å². The highest BCUT2D eigenvalue weighted by Crippen LogP contribution is 2.26. The van der Waals surface area contributed by atoms with Gasteiger partial charge in [0.15, 0.2) is 0 Å². The molecule has 3 aromatic rings. The van der Waals surface area contributed by atoms with E-state index in [4.69, 9.17) is 4.74 Å². The van der Waals surface area contributed by atoms with E-state index in [0.29, 0.717) is 23.7 Å². The fourth-order valence-corrected chi connectivity index (χ4v) is 4.75. The monoisotopic (exact) mass is 485 g/mol. The maximum atomic E-state index is 13.0. The summed E-state index contributed by atoms with van der Waals surface area (Å²) in [6.45, 7) is 7.57. The average Bonchev–Trinajstić information content (AvgIpc) is 2.76. The zero-order valence-electron chi connectivity index (χ0n) is 19.9. The predicted molar refractivity (Wildman–Crippen MR) is 131 cm³/mol. The molecule has 34 heavy (non-hydrogen) atoms. The van der Waals surface area contributed by atoms with Crippen molar-refractivity contribution in [1.82, 2.24) is 14.6 Å². The summed E-state index contributed by atoms with van der Waals surface area (Å²) in [6.07, 6.45) is 2.92. The van der Waals surface area contributed by atoms with Crippen molar-refractivity contribution in [2.24, 2.45) is 0 Å². The lowest BCUT2D eigenvalue weighted by Gasteiger charge is -2.29. The van der Waals surface area contributed by atoms with E-state index in [-0.39, 0.29) is 17.2 Å². The molecule has 2 N–H and O–H groups in total. The van der Waals surface area contributed by atoms with Gasteiger partial charge in [0.25, 0.3) is 0 Å². The largest absolute Gasteiger partial charge is 0.506 e. The number of rotatable bonds is 8. The second kappa shape index (κ2) is 10.4. The molecule has 0 aliphatic rings. The Bertz CT molecular complexity index is 1240. The summed E-state index contributed by atoms with van der Waals surface area (Å²) in [6, 6.07) is 13.6. The molecule has 1 heterocycles. The molecule has 1 atom stereocenters. The number of nitrogens with one attached hydrogen (secondary N) is 1. The highest BCUT2D eigenvalue weighted by Gasteiger charge is 2.26. The molecule has 0 saturated carbocycles. The third kappa shape index (κ3) is 6.91. The molecule has 1 aromatic heterocycles. The smallest absolute Gasteiger partial charge is 0.410 e. The predicted octanol–water partition coefficient (Wildman–Crippen LogP) is 4.09. The van der Waals surface area contributed by atoms with Gasteiger partial charge in [-0.25, -0.2) is 17.9 Å². The van der Waals surface area contributed by atoms with Gasteiger partial charge in [-0.05, 0) is 51.8 Å². The molecule has 0 fully saturated rings. The van der Waals surface area contributed by atoms with Crippen LogP contribution in [0.4, 0.5) is 4.79 Å². The fraction of sp³-hybridized carbons (Fsp3) is 0.360. The first-order chi connectivity index (χ1) is 15.9. The summed E-state index contributed by atoms with van der Waals surface area (Å²) < 4.78 is 34.2. The SMILES string of the molecule is C[C@H](CN(CCc1ccccc1)C(=O)OC(C)(C)C)NS(=O)(=O)c1ccc2cncc(O)c2c1. The summed E-state index contributed by atoms with van der Waals surface area (Å²) >= 11 is 0. The molecule has 0 saturated heterocycles. The molecule has 0 radical (unpaired) electrons. The molecular formula is C25H31N3O5S. The van der Waals surface area contributed by atoms with Crippen molar-refractivity contribution in [2.75, 3.05) is 13.1 Å². The Hall–Kier alpha value is -3.17. The lowest BCUT2D eigenvalue weighted by Crippen LogP contribution is -2.46. The zero-order chi connectivity index (χ0) is 24.9. The normalized spacial score (nSPS) is 12.9. The molecule has 9 heteroatoms. The summed E-state index contributed by atoms with van der Waals surface area (Å²) in [5, 5.41) is 11.1. The van der Waals surface area contributed by atoms with E-state index >= 15 is 0 Å². The van der Waals surface area contributed by atoms with Crippen molar-refractivity contribution in [3.8, 4) is 5.75 Å². The van der Waals surface area contributed by atoms with Crippen molar-refractivity contribution in [3.63, 3.8) is 0 Å². The van der Waals surface area contributed by atoms with Gasteiger partial charge in [-0.3, -0.25) is 4.98 Å². The van der Waals surface area contributed by atoms with Crippen molar-refractivity contribution >= 4 is 26.9 Å². The van der Waals surface area contributed by atoms with E-state index in [1.807, 2.05) is 30.3 Å². The van der Waals surface area contributed by atoms with E-state index in [1.54, 1.807) is 40.0 Å². The van der Waals surface area contributed by atoms with Crippen LogP contribution in [0.25, 0.3) is 10.8 Å². The summed E-state index contributed by atoms with van der Waals surface area (Å²) in [4.78, 5) is 18.3. The number of aromatic hydroxyl groups is 1. The minimum Gasteiger partial charge on any atom is -0.506 e. The number of pyridine rings is 1. The minimum atomic E-state index is -3.90. The quantitative estimate of drug-likeness (QED) is 0.498.